The van der Waals surface area contributed by atoms with Crippen LogP contribution in [0, 0.1) is 42.7 Å². The number of carboxylic acids is 3. The Balaban J connectivity index is 0.000000264. The Hall–Kier alpha value is -7.88. The molecular weight excluding hydrogens is 1210 g/mol. The third-order valence-corrected chi connectivity index (χ3v) is 30.5. The lowest BCUT2D eigenvalue weighted by Crippen LogP contribution is -2.43. The molecule has 0 radical (unpaired) electrons. The number of carbonyl (C=O) groups is 3. The molecule has 3 heterocycles. The van der Waals surface area contributed by atoms with Crippen molar-refractivity contribution in [2.75, 3.05) is 0 Å². The molecule has 89 heavy (non-hydrogen) atoms. The molecule has 3 aromatic heterocycles. The highest BCUT2D eigenvalue weighted by atomic mass is 35.5. The molecule has 12 nitrogen and oxygen atoms in total. The van der Waals surface area contributed by atoms with Crippen molar-refractivity contribution in [2.45, 2.75) is 158 Å². The molecule has 0 unspecified atom stereocenters. The highest BCUT2D eigenvalue weighted by Crippen LogP contribution is 2.42. The number of pyridine rings is 3. The molecule has 9 rings (SSSR count). The van der Waals surface area contributed by atoms with Gasteiger partial charge in [-0.3, -0.25) is 28.8 Å². The van der Waals surface area contributed by atoms with E-state index in [4.69, 9.17) is 47.6 Å². The highest BCUT2D eigenvalue weighted by molar-refractivity contribution is 6.91. The first-order chi connectivity index (χ1) is 41.0. The molecule has 3 N–H and O–H groups in total. The SMILES string of the molecule is C.C.C#C[Si](C(C)C)(C(C)C)C(C)C.C#Cc1c(Cl)ccc2c(=O)c3ccccc3n(CC(=O)O)c12.CC(C)[Si](C#Cc1c(Cl)ccc2c(=O)c3ccccc3n(CC(=O)O)c12)(C(C)C)C(C)C.Cc1c(Cl)ccc2c(=O)c3ccccc3n(CC(=O)O)c12. The number of carboxylic acid groups (broad SMARTS) is 3. The summed E-state index contributed by atoms with van der Waals surface area (Å²) in [6.45, 7) is 28.1. The number of rotatable bonds is 12. The monoisotopic (exact) mass is 1290 g/mol. The number of halogens is 3. The van der Waals surface area contributed by atoms with E-state index >= 15 is 0 Å². The van der Waals surface area contributed by atoms with Crippen LogP contribution >= 0.6 is 34.8 Å². The summed E-state index contributed by atoms with van der Waals surface area (Å²) in [4.78, 5) is 72.7. The molecule has 0 atom stereocenters. The van der Waals surface area contributed by atoms with Crippen molar-refractivity contribution < 1.29 is 29.7 Å². The zero-order valence-corrected chi connectivity index (χ0v) is 55.7. The second-order valence-corrected chi connectivity index (χ2v) is 35.9. The fraction of sp³-hybridized carbons (Fsp3) is 0.333. The smallest absolute Gasteiger partial charge is 0.323 e. The molecule has 0 amide bonds. The summed E-state index contributed by atoms with van der Waals surface area (Å²) in [5.74, 6) is 2.84. The Labute approximate surface area is 539 Å². The number of benzene rings is 6. The van der Waals surface area contributed by atoms with E-state index in [9.17, 15) is 44.1 Å². The first-order valence-corrected chi connectivity index (χ1v) is 34.4. The Morgan fingerprint density at radius 1 is 0.438 bits per heavy atom. The standard InChI is InChI=1S/C26H30ClNO3Si.C17H10ClNO3.C16H12ClNO3.C11H22Si.2CH4/c1-16(2)32(17(3)4,18(5)6)14-13-19-22(27)12-11-21-25(19)28(15-24(29)30)23-10-8-7-9-20(23)26(21)31;1-2-10-13(18)8-7-12-16(10)19(9-15(20)21)14-6-4-3-5-11(14)17(12)22;1-9-12(17)7-6-11-15(9)18(8-14(19)20)13-5-3-2-4-10(13)16(11)21;1-8-12(9(2)3,10(4)5)11(6)7;;/h7-12,16-18H,15H2,1-6H3,(H,29,30);1,3-8H,9H2,(H,20,21);2-7H,8H2,1H3,(H,19,20);1,9-11H,2-7H3;2*1H4. The van der Waals surface area contributed by atoms with Crippen molar-refractivity contribution in [3.63, 3.8) is 0 Å². The van der Waals surface area contributed by atoms with Gasteiger partial charge in [0.2, 0.25) is 0 Å². The van der Waals surface area contributed by atoms with Crippen molar-refractivity contribution >= 4 is 134 Å². The van der Waals surface area contributed by atoms with E-state index in [2.05, 4.69) is 106 Å². The van der Waals surface area contributed by atoms with Crippen molar-refractivity contribution in [3.05, 3.63) is 172 Å². The van der Waals surface area contributed by atoms with E-state index in [1.807, 2.05) is 0 Å². The van der Waals surface area contributed by atoms with E-state index in [0.717, 1.165) is 0 Å². The Bertz CT molecular complexity index is 4470. The molecule has 17 heteroatoms. The molecule has 0 aliphatic heterocycles. The van der Waals surface area contributed by atoms with Crippen LogP contribution in [0.15, 0.2) is 124 Å². The topological polar surface area (TPSA) is 178 Å². The van der Waals surface area contributed by atoms with E-state index in [1.54, 1.807) is 125 Å². The van der Waals surface area contributed by atoms with Crippen molar-refractivity contribution in [1.82, 2.24) is 13.7 Å². The van der Waals surface area contributed by atoms with Gasteiger partial charge in [-0.2, -0.15) is 0 Å². The first kappa shape index (κ1) is 73.6. The first-order valence-electron chi connectivity index (χ1n) is 28.8. The average Bonchev–Trinajstić information content (AvgIpc) is 0.815. The number of nitrogens with zero attached hydrogens (tertiary/aromatic N) is 3. The number of terminal acetylenes is 2. The van der Waals surface area contributed by atoms with Crippen LogP contribution in [0.4, 0.5) is 0 Å². The van der Waals surface area contributed by atoms with Crippen molar-refractivity contribution in [2.24, 2.45) is 0 Å². The lowest BCUT2D eigenvalue weighted by atomic mass is 10.1. The second-order valence-electron chi connectivity index (χ2n) is 23.5. The number of para-hydroxylation sites is 3. The van der Waals surface area contributed by atoms with Crippen LogP contribution in [0.2, 0.25) is 48.3 Å². The molecule has 0 fully saturated rings. The van der Waals surface area contributed by atoms with Crippen LogP contribution < -0.4 is 16.3 Å². The summed E-state index contributed by atoms with van der Waals surface area (Å²) in [6, 6.07) is 30.7. The predicted molar refractivity (Wildman–Crippen MR) is 379 cm³/mol. The van der Waals surface area contributed by atoms with E-state index in [0.29, 0.717) is 130 Å². The molecule has 0 bridgehead atoms. The van der Waals surface area contributed by atoms with Gasteiger partial charge in [0.25, 0.3) is 0 Å². The zero-order chi connectivity index (χ0) is 64.7. The minimum Gasteiger partial charge on any atom is -0.480 e. The van der Waals surface area contributed by atoms with Crippen LogP contribution in [0.25, 0.3) is 65.4 Å². The number of hydrogen-bond donors (Lipinski definition) is 3. The fourth-order valence-electron chi connectivity index (χ4n) is 13.0. The van der Waals surface area contributed by atoms with Crippen LogP contribution in [0.1, 0.15) is 115 Å². The highest BCUT2D eigenvalue weighted by Gasteiger charge is 2.42. The molecule has 0 spiro atoms. The number of aryl methyl sites for hydroxylation is 1. The normalized spacial score (nSPS) is 11.3. The van der Waals surface area contributed by atoms with Gasteiger partial charge in [-0.25, -0.2) is 0 Å². The third kappa shape index (κ3) is 14.6. The van der Waals surface area contributed by atoms with Crippen LogP contribution in [0.5, 0.6) is 0 Å². The van der Waals surface area contributed by atoms with Gasteiger partial charge in [0.15, 0.2) is 16.3 Å². The molecule has 0 saturated carbocycles. The van der Waals surface area contributed by atoms with Gasteiger partial charge in [-0.05, 0) is 119 Å². The van der Waals surface area contributed by atoms with Gasteiger partial charge in [0.05, 0.1) is 54.3 Å². The Morgan fingerprint density at radius 2 is 0.730 bits per heavy atom. The van der Waals surface area contributed by atoms with Gasteiger partial charge >= 0.3 is 17.9 Å². The van der Waals surface area contributed by atoms with Crippen molar-refractivity contribution in [1.29, 1.82) is 0 Å². The van der Waals surface area contributed by atoms with Gasteiger partial charge in [0.1, 0.15) is 35.8 Å². The van der Waals surface area contributed by atoms with Gasteiger partial charge in [-0.15, -0.1) is 23.9 Å². The molecule has 9 aromatic rings. The molecule has 468 valence electrons. The van der Waals surface area contributed by atoms with Crippen molar-refractivity contribution in [3.8, 4) is 35.8 Å². The Morgan fingerprint density at radius 3 is 1.03 bits per heavy atom. The summed E-state index contributed by atoms with van der Waals surface area (Å²) in [7, 11) is -3.53. The second kappa shape index (κ2) is 30.6. The summed E-state index contributed by atoms with van der Waals surface area (Å²) >= 11 is 18.9. The van der Waals surface area contributed by atoms with Crippen LogP contribution in [0.3, 0.4) is 0 Å². The van der Waals surface area contributed by atoms with E-state index in [-0.39, 0.29) is 50.8 Å². The van der Waals surface area contributed by atoms with Crippen LogP contribution in [-0.2, 0) is 34.0 Å². The summed E-state index contributed by atoms with van der Waals surface area (Å²) in [6.07, 6.45) is 11.2. The minimum absolute atomic E-state index is 0. The quantitative estimate of drug-likeness (QED) is 0.0610. The van der Waals surface area contributed by atoms with Gasteiger partial charge in [0, 0.05) is 37.3 Å². The molecular formula is C72H82Cl3N3O9Si2. The minimum atomic E-state index is -2.06. The number of fused-ring (bicyclic) bond motifs is 6. The van der Waals surface area contributed by atoms with Gasteiger partial charge in [-0.1, -0.05) is 181 Å². The predicted octanol–water partition coefficient (Wildman–Crippen LogP) is 17.6. The molecule has 0 aliphatic carbocycles. The average molecular weight is 1300 g/mol. The maximum atomic E-state index is 13.3. The molecule has 0 saturated heterocycles. The fourth-order valence-corrected chi connectivity index (χ4v) is 23.8. The summed E-state index contributed by atoms with van der Waals surface area (Å²) in [5.41, 5.74) is 14.5. The Kier molecular flexibility index (Phi) is 25.3. The molecule has 6 aromatic carbocycles. The number of aromatic nitrogens is 3. The van der Waals surface area contributed by atoms with E-state index in [1.165, 1.54) is 4.57 Å². The third-order valence-electron chi connectivity index (χ3n) is 16.9. The number of aliphatic carboxylic acids is 3. The largest absolute Gasteiger partial charge is 0.480 e. The lowest BCUT2D eigenvalue weighted by molar-refractivity contribution is -0.138. The maximum Gasteiger partial charge on any atom is 0.323 e. The lowest BCUT2D eigenvalue weighted by Gasteiger charge is -2.38. The molecule has 0 aliphatic rings. The maximum absolute atomic E-state index is 13.3. The summed E-state index contributed by atoms with van der Waals surface area (Å²) < 4.78 is 4.82. The van der Waals surface area contributed by atoms with Gasteiger partial charge < -0.3 is 29.0 Å². The van der Waals surface area contributed by atoms with E-state index < -0.39 is 34.1 Å². The number of hydrogen-bond acceptors (Lipinski definition) is 6. The summed E-state index contributed by atoms with van der Waals surface area (Å²) in [5, 5.41) is 32.0. The zero-order valence-electron chi connectivity index (χ0n) is 51.4. The van der Waals surface area contributed by atoms with Crippen LogP contribution in [-0.4, -0.2) is 63.1 Å².